The van der Waals surface area contributed by atoms with Crippen LogP contribution in [0.1, 0.15) is 16.8 Å². The Morgan fingerprint density at radius 2 is 1.86 bits per heavy atom. The number of nitrogens with two attached hydrogens (primary N) is 1. The molecule has 0 saturated carbocycles. The van der Waals surface area contributed by atoms with E-state index in [2.05, 4.69) is 26.7 Å². The Labute approximate surface area is 124 Å². The van der Waals surface area contributed by atoms with Crippen molar-refractivity contribution < 1.29 is 0 Å². The van der Waals surface area contributed by atoms with Crippen molar-refractivity contribution in [2.45, 2.75) is 20.4 Å². The summed E-state index contributed by atoms with van der Waals surface area (Å²) in [6.45, 7) is 4.66. The predicted octanol–water partition coefficient (Wildman–Crippen LogP) is 3.19. The van der Waals surface area contributed by atoms with E-state index in [0.717, 1.165) is 33.9 Å². The van der Waals surface area contributed by atoms with Crippen LogP contribution in [0.2, 0.25) is 0 Å². The van der Waals surface area contributed by atoms with Gasteiger partial charge in [0.05, 0.1) is 12.2 Å². The average molecular weight is 278 g/mol. The van der Waals surface area contributed by atoms with Crippen molar-refractivity contribution in [2.24, 2.45) is 0 Å². The van der Waals surface area contributed by atoms with Gasteiger partial charge in [0, 0.05) is 29.8 Å². The van der Waals surface area contributed by atoms with Gasteiger partial charge in [-0.1, -0.05) is 30.3 Å². The summed E-state index contributed by atoms with van der Waals surface area (Å²) < 4.78 is 2.10. The molecule has 3 aromatic rings. The second kappa shape index (κ2) is 5.40. The van der Waals surface area contributed by atoms with Crippen LogP contribution in [0.5, 0.6) is 0 Å². The van der Waals surface area contributed by atoms with E-state index in [1.54, 1.807) is 0 Å². The standard InChI is InChI=1S/C17H18N4/c1-12-10-20-15(13(2)16(12)18)11-21-9-8-19-17(21)14-6-4-3-5-7-14/h3-10H,11H2,1-2H3,(H2,18,20). The lowest BCUT2D eigenvalue weighted by molar-refractivity contribution is 0.775. The molecule has 2 N–H and O–H groups in total. The highest BCUT2D eigenvalue weighted by Gasteiger charge is 2.10. The molecule has 0 fully saturated rings. The van der Waals surface area contributed by atoms with Gasteiger partial charge in [-0.05, 0) is 25.0 Å². The topological polar surface area (TPSA) is 56.7 Å². The first-order valence-electron chi connectivity index (χ1n) is 6.94. The molecule has 0 unspecified atom stereocenters. The fraction of sp³-hybridized carbons (Fsp3) is 0.176. The Kier molecular flexibility index (Phi) is 3.44. The van der Waals surface area contributed by atoms with Crippen LogP contribution in [0.3, 0.4) is 0 Å². The molecular weight excluding hydrogens is 260 g/mol. The molecule has 4 nitrogen and oxygen atoms in total. The maximum absolute atomic E-state index is 6.10. The fourth-order valence-corrected chi connectivity index (χ4v) is 2.40. The maximum atomic E-state index is 6.10. The third-order valence-electron chi connectivity index (χ3n) is 3.74. The van der Waals surface area contributed by atoms with Crippen molar-refractivity contribution in [1.82, 2.24) is 14.5 Å². The van der Waals surface area contributed by atoms with Crippen LogP contribution in [0.4, 0.5) is 5.69 Å². The number of nitrogens with zero attached hydrogens (tertiary/aromatic N) is 3. The molecule has 3 rings (SSSR count). The molecule has 2 aromatic heterocycles. The van der Waals surface area contributed by atoms with Crippen molar-refractivity contribution in [2.75, 3.05) is 5.73 Å². The van der Waals surface area contributed by atoms with Gasteiger partial charge in [-0.3, -0.25) is 4.98 Å². The molecule has 4 heteroatoms. The van der Waals surface area contributed by atoms with Gasteiger partial charge in [0.1, 0.15) is 5.82 Å². The minimum atomic E-state index is 0.667. The van der Waals surface area contributed by atoms with Gasteiger partial charge in [0.15, 0.2) is 0 Å². The number of benzene rings is 1. The molecular formula is C17H18N4. The molecule has 1 aromatic carbocycles. The molecule has 21 heavy (non-hydrogen) atoms. The zero-order valence-electron chi connectivity index (χ0n) is 12.2. The zero-order chi connectivity index (χ0) is 14.8. The van der Waals surface area contributed by atoms with Crippen molar-refractivity contribution in [1.29, 1.82) is 0 Å². The van der Waals surface area contributed by atoms with Crippen LogP contribution in [0, 0.1) is 13.8 Å². The summed E-state index contributed by atoms with van der Waals surface area (Å²) >= 11 is 0. The number of aromatic nitrogens is 3. The zero-order valence-corrected chi connectivity index (χ0v) is 12.2. The van der Waals surface area contributed by atoms with Crippen LogP contribution >= 0.6 is 0 Å². The number of hydrogen-bond donors (Lipinski definition) is 1. The third kappa shape index (κ3) is 2.52. The Hall–Kier alpha value is -2.62. The summed E-state index contributed by atoms with van der Waals surface area (Å²) in [4.78, 5) is 8.98. The second-order valence-corrected chi connectivity index (χ2v) is 5.17. The minimum Gasteiger partial charge on any atom is -0.398 e. The fourth-order valence-electron chi connectivity index (χ4n) is 2.40. The number of aryl methyl sites for hydroxylation is 1. The number of nitrogen functional groups attached to an aromatic ring is 1. The first-order chi connectivity index (χ1) is 10.2. The van der Waals surface area contributed by atoms with Gasteiger partial charge in [-0.15, -0.1) is 0 Å². The van der Waals surface area contributed by atoms with E-state index >= 15 is 0 Å². The highest BCUT2D eigenvalue weighted by molar-refractivity contribution is 5.56. The Balaban J connectivity index is 1.98. The minimum absolute atomic E-state index is 0.667. The lowest BCUT2D eigenvalue weighted by atomic mass is 10.1. The lowest BCUT2D eigenvalue weighted by Gasteiger charge is -2.12. The van der Waals surface area contributed by atoms with E-state index in [1.165, 1.54) is 0 Å². The molecule has 0 amide bonds. The van der Waals surface area contributed by atoms with Gasteiger partial charge in [0.2, 0.25) is 0 Å². The number of imidazole rings is 1. The summed E-state index contributed by atoms with van der Waals surface area (Å²) in [6.07, 6.45) is 5.62. The van der Waals surface area contributed by atoms with Crippen LogP contribution in [0.15, 0.2) is 48.9 Å². The largest absolute Gasteiger partial charge is 0.398 e. The number of anilines is 1. The van der Waals surface area contributed by atoms with Crippen molar-refractivity contribution in [3.8, 4) is 11.4 Å². The summed E-state index contributed by atoms with van der Waals surface area (Å²) in [5.41, 5.74) is 11.1. The number of pyridine rings is 1. The Bertz CT molecular complexity index is 760. The first kappa shape index (κ1) is 13.4. The molecule has 0 spiro atoms. The number of hydrogen-bond acceptors (Lipinski definition) is 3. The van der Waals surface area contributed by atoms with E-state index in [-0.39, 0.29) is 0 Å². The van der Waals surface area contributed by atoms with Crippen LogP contribution in [0.25, 0.3) is 11.4 Å². The molecule has 0 aliphatic heterocycles. The summed E-state index contributed by atoms with van der Waals surface area (Å²) in [5.74, 6) is 0.941. The SMILES string of the molecule is Cc1cnc(Cn2ccnc2-c2ccccc2)c(C)c1N. The van der Waals surface area contributed by atoms with Crippen molar-refractivity contribution in [3.05, 3.63) is 65.7 Å². The molecule has 0 aliphatic rings. The highest BCUT2D eigenvalue weighted by Crippen LogP contribution is 2.22. The van der Waals surface area contributed by atoms with Gasteiger partial charge in [-0.2, -0.15) is 0 Å². The van der Waals surface area contributed by atoms with E-state index in [0.29, 0.717) is 6.54 Å². The molecule has 0 aliphatic carbocycles. The van der Waals surface area contributed by atoms with Gasteiger partial charge < -0.3 is 10.3 Å². The van der Waals surface area contributed by atoms with E-state index in [1.807, 2.05) is 50.6 Å². The Morgan fingerprint density at radius 3 is 2.62 bits per heavy atom. The quantitative estimate of drug-likeness (QED) is 0.800. The maximum Gasteiger partial charge on any atom is 0.140 e. The molecule has 0 bridgehead atoms. The highest BCUT2D eigenvalue weighted by atomic mass is 15.1. The molecule has 0 atom stereocenters. The van der Waals surface area contributed by atoms with Crippen LogP contribution < -0.4 is 5.73 Å². The average Bonchev–Trinajstić information content (AvgIpc) is 2.97. The number of rotatable bonds is 3. The first-order valence-corrected chi connectivity index (χ1v) is 6.94. The molecule has 2 heterocycles. The predicted molar refractivity (Wildman–Crippen MR) is 84.9 cm³/mol. The van der Waals surface area contributed by atoms with Gasteiger partial charge in [-0.25, -0.2) is 4.98 Å². The summed E-state index contributed by atoms with van der Waals surface area (Å²) in [6, 6.07) is 10.2. The van der Waals surface area contributed by atoms with E-state index < -0.39 is 0 Å². The summed E-state index contributed by atoms with van der Waals surface area (Å²) in [5, 5.41) is 0. The van der Waals surface area contributed by atoms with E-state index in [9.17, 15) is 0 Å². The van der Waals surface area contributed by atoms with Gasteiger partial charge in [0.25, 0.3) is 0 Å². The van der Waals surface area contributed by atoms with Crippen molar-refractivity contribution in [3.63, 3.8) is 0 Å². The van der Waals surface area contributed by atoms with Crippen LogP contribution in [-0.2, 0) is 6.54 Å². The lowest BCUT2D eigenvalue weighted by Crippen LogP contribution is -2.07. The molecule has 106 valence electrons. The Morgan fingerprint density at radius 1 is 1.10 bits per heavy atom. The molecule has 0 radical (unpaired) electrons. The summed E-state index contributed by atoms with van der Waals surface area (Å²) in [7, 11) is 0. The normalized spacial score (nSPS) is 10.8. The van der Waals surface area contributed by atoms with E-state index in [4.69, 9.17) is 5.73 Å². The van der Waals surface area contributed by atoms with Crippen molar-refractivity contribution >= 4 is 5.69 Å². The monoisotopic (exact) mass is 278 g/mol. The second-order valence-electron chi connectivity index (χ2n) is 5.17. The molecule has 0 saturated heterocycles. The smallest absolute Gasteiger partial charge is 0.140 e. The van der Waals surface area contributed by atoms with Gasteiger partial charge >= 0.3 is 0 Å². The third-order valence-corrected chi connectivity index (χ3v) is 3.74. The van der Waals surface area contributed by atoms with Crippen LogP contribution in [-0.4, -0.2) is 14.5 Å².